The molecule has 0 saturated carbocycles. The van der Waals surface area contributed by atoms with Gasteiger partial charge in [0.05, 0.1) is 6.04 Å². The number of hydrogen-bond acceptors (Lipinski definition) is 4. The third-order valence-corrected chi connectivity index (χ3v) is 3.35. The Bertz CT molecular complexity index is 151. The number of hydrogen-bond donors (Lipinski definition) is 2. The SMILES string of the molecule is C=CC(NN)C1CSCCN1C. The van der Waals surface area contributed by atoms with Crippen LogP contribution in [0.2, 0.25) is 0 Å². The van der Waals surface area contributed by atoms with E-state index < -0.39 is 0 Å². The zero-order chi connectivity index (χ0) is 8.97. The summed E-state index contributed by atoms with van der Waals surface area (Å²) in [5.41, 5.74) is 2.78. The molecule has 4 heteroatoms. The maximum Gasteiger partial charge on any atom is 0.0551 e. The number of rotatable bonds is 3. The summed E-state index contributed by atoms with van der Waals surface area (Å²) < 4.78 is 0. The minimum atomic E-state index is 0.211. The quantitative estimate of drug-likeness (QED) is 0.372. The molecule has 70 valence electrons. The summed E-state index contributed by atoms with van der Waals surface area (Å²) in [4.78, 5) is 2.34. The zero-order valence-electron chi connectivity index (χ0n) is 7.49. The summed E-state index contributed by atoms with van der Waals surface area (Å²) in [5, 5.41) is 0. The second-order valence-corrected chi connectivity index (χ2v) is 4.20. The molecule has 1 aliphatic heterocycles. The first kappa shape index (κ1) is 10.1. The van der Waals surface area contributed by atoms with Crippen LogP contribution in [0, 0.1) is 0 Å². The van der Waals surface area contributed by atoms with Crippen LogP contribution in [0.15, 0.2) is 12.7 Å². The molecular weight excluding hydrogens is 170 g/mol. The molecule has 1 saturated heterocycles. The number of nitrogens with two attached hydrogens (primary N) is 1. The van der Waals surface area contributed by atoms with Gasteiger partial charge < -0.3 is 0 Å². The molecule has 0 bridgehead atoms. The van der Waals surface area contributed by atoms with Gasteiger partial charge in [-0.1, -0.05) is 6.08 Å². The number of thioether (sulfide) groups is 1. The predicted octanol–water partition coefficient (Wildman–Crippen LogP) is 0.0515. The second-order valence-electron chi connectivity index (χ2n) is 3.05. The molecule has 0 radical (unpaired) electrons. The fourth-order valence-electron chi connectivity index (χ4n) is 1.42. The Morgan fingerprint density at radius 2 is 2.58 bits per heavy atom. The van der Waals surface area contributed by atoms with Crippen molar-refractivity contribution >= 4 is 11.8 Å². The van der Waals surface area contributed by atoms with Gasteiger partial charge in [0.1, 0.15) is 0 Å². The molecule has 1 aliphatic rings. The number of hydrazine groups is 1. The summed E-state index contributed by atoms with van der Waals surface area (Å²) in [7, 11) is 2.14. The Morgan fingerprint density at radius 1 is 1.83 bits per heavy atom. The van der Waals surface area contributed by atoms with E-state index in [2.05, 4.69) is 24.0 Å². The van der Waals surface area contributed by atoms with Crippen LogP contribution < -0.4 is 11.3 Å². The molecule has 1 heterocycles. The highest BCUT2D eigenvalue weighted by Crippen LogP contribution is 2.17. The van der Waals surface area contributed by atoms with E-state index in [1.807, 2.05) is 17.8 Å². The van der Waals surface area contributed by atoms with Crippen molar-refractivity contribution in [1.82, 2.24) is 10.3 Å². The molecule has 0 aromatic heterocycles. The Labute approximate surface area is 78.3 Å². The molecule has 1 fully saturated rings. The van der Waals surface area contributed by atoms with E-state index in [-0.39, 0.29) is 6.04 Å². The number of nitrogens with zero attached hydrogens (tertiary/aromatic N) is 1. The molecule has 0 aromatic rings. The topological polar surface area (TPSA) is 41.3 Å². The number of likely N-dealkylation sites (N-methyl/N-ethyl adjacent to an activating group) is 1. The molecule has 1 rings (SSSR count). The van der Waals surface area contributed by atoms with Crippen molar-refractivity contribution in [2.75, 3.05) is 25.1 Å². The van der Waals surface area contributed by atoms with Crippen LogP contribution in [0.25, 0.3) is 0 Å². The molecule has 3 N–H and O–H groups in total. The fourth-order valence-corrected chi connectivity index (χ4v) is 2.71. The summed E-state index contributed by atoms with van der Waals surface area (Å²) >= 11 is 1.98. The standard InChI is InChI=1S/C8H17N3S/c1-3-7(10-9)8-6-12-5-4-11(8)2/h3,7-8,10H,1,4-6,9H2,2H3. The molecule has 0 amide bonds. The summed E-state index contributed by atoms with van der Waals surface area (Å²) in [5.74, 6) is 7.78. The van der Waals surface area contributed by atoms with Crippen LogP contribution in [0.5, 0.6) is 0 Å². The maximum absolute atomic E-state index is 5.42. The van der Waals surface area contributed by atoms with Crippen molar-refractivity contribution < 1.29 is 0 Å². The highest BCUT2D eigenvalue weighted by Gasteiger charge is 2.24. The molecule has 2 unspecified atom stereocenters. The third kappa shape index (κ3) is 2.23. The van der Waals surface area contributed by atoms with E-state index in [0.717, 1.165) is 12.3 Å². The average Bonchev–Trinajstić information content (AvgIpc) is 2.10. The highest BCUT2D eigenvalue weighted by atomic mass is 32.2. The van der Waals surface area contributed by atoms with Crippen LogP contribution in [0.3, 0.4) is 0 Å². The van der Waals surface area contributed by atoms with Crippen molar-refractivity contribution in [1.29, 1.82) is 0 Å². The van der Waals surface area contributed by atoms with Gasteiger partial charge in [-0.3, -0.25) is 16.2 Å². The van der Waals surface area contributed by atoms with Crippen molar-refractivity contribution in [3.8, 4) is 0 Å². The highest BCUT2D eigenvalue weighted by molar-refractivity contribution is 7.99. The molecule has 0 spiro atoms. The third-order valence-electron chi connectivity index (χ3n) is 2.30. The van der Waals surface area contributed by atoms with Crippen molar-refractivity contribution in [2.24, 2.45) is 5.84 Å². The first-order valence-electron chi connectivity index (χ1n) is 4.16. The first-order valence-corrected chi connectivity index (χ1v) is 5.31. The fraction of sp³-hybridized carbons (Fsp3) is 0.750. The van der Waals surface area contributed by atoms with Gasteiger partial charge in [0.2, 0.25) is 0 Å². The van der Waals surface area contributed by atoms with Gasteiger partial charge in [-0.25, -0.2) is 0 Å². The van der Waals surface area contributed by atoms with Crippen molar-refractivity contribution in [3.63, 3.8) is 0 Å². The van der Waals surface area contributed by atoms with Crippen molar-refractivity contribution in [2.45, 2.75) is 12.1 Å². The average molecular weight is 187 g/mol. The predicted molar refractivity (Wildman–Crippen MR) is 55.1 cm³/mol. The van der Waals surface area contributed by atoms with Gasteiger partial charge in [-0.15, -0.1) is 6.58 Å². The van der Waals surface area contributed by atoms with Gasteiger partial charge in [-0.05, 0) is 7.05 Å². The minimum absolute atomic E-state index is 0.211. The summed E-state index contributed by atoms with van der Waals surface area (Å²) in [6.45, 7) is 4.90. The smallest absolute Gasteiger partial charge is 0.0551 e. The molecule has 2 atom stereocenters. The van der Waals surface area contributed by atoms with Crippen LogP contribution in [0.4, 0.5) is 0 Å². The normalized spacial score (nSPS) is 28.3. The van der Waals surface area contributed by atoms with Gasteiger partial charge in [-0.2, -0.15) is 11.8 Å². The summed E-state index contributed by atoms with van der Waals surface area (Å²) in [6.07, 6.45) is 1.88. The van der Waals surface area contributed by atoms with Crippen LogP contribution in [-0.4, -0.2) is 42.1 Å². The van der Waals surface area contributed by atoms with E-state index in [0.29, 0.717) is 6.04 Å². The number of nitrogens with one attached hydrogen (secondary N) is 1. The van der Waals surface area contributed by atoms with E-state index in [9.17, 15) is 0 Å². The lowest BCUT2D eigenvalue weighted by Crippen LogP contribution is -2.53. The molecular formula is C8H17N3S. The lowest BCUT2D eigenvalue weighted by atomic mass is 10.1. The minimum Gasteiger partial charge on any atom is -0.300 e. The largest absolute Gasteiger partial charge is 0.300 e. The van der Waals surface area contributed by atoms with E-state index in [1.165, 1.54) is 5.75 Å². The monoisotopic (exact) mass is 187 g/mol. The van der Waals surface area contributed by atoms with Gasteiger partial charge in [0.15, 0.2) is 0 Å². The second kappa shape index (κ2) is 4.87. The molecule has 0 aromatic carbocycles. The Morgan fingerprint density at radius 3 is 3.08 bits per heavy atom. The van der Waals surface area contributed by atoms with Gasteiger partial charge in [0.25, 0.3) is 0 Å². The van der Waals surface area contributed by atoms with Gasteiger partial charge in [0, 0.05) is 24.1 Å². The van der Waals surface area contributed by atoms with E-state index >= 15 is 0 Å². The first-order chi connectivity index (χ1) is 5.79. The molecule has 0 aliphatic carbocycles. The van der Waals surface area contributed by atoms with Gasteiger partial charge >= 0.3 is 0 Å². The zero-order valence-corrected chi connectivity index (χ0v) is 8.31. The Balaban J connectivity index is 2.51. The van der Waals surface area contributed by atoms with E-state index in [4.69, 9.17) is 5.84 Å². The van der Waals surface area contributed by atoms with Crippen LogP contribution >= 0.6 is 11.8 Å². The Hall–Kier alpha value is -0.0300. The maximum atomic E-state index is 5.42. The Kier molecular flexibility index (Phi) is 4.08. The van der Waals surface area contributed by atoms with Crippen LogP contribution in [-0.2, 0) is 0 Å². The lowest BCUT2D eigenvalue weighted by Gasteiger charge is -2.36. The lowest BCUT2D eigenvalue weighted by molar-refractivity contribution is 0.236. The van der Waals surface area contributed by atoms with Crippen molar-refractivity contribution in [3.05, 3.63) is 12.7 Å². The van der Waals surface area contributed by atoms with E-state index in [1.54, 1.807) is 0 Å². The molecule has 12 heavy (non-hydrogen) atoms. The van der Waals surface area contributed by atoms with Crippen LogP contribution in [0.1, 0.15) is 0 Å². The molecule has 3 nitrogen and oxygen atoms in total. The summed E-state index contributed by atoms with van der Waals surface area (Å²) in [6, 6.07) is 0.703.